The Hall–Kier alpha value is -2.13. The zero-order valence-corrected chi connectivity index (χ0v) is 22.2. The molecular weight excluding hydrogens is 481 g/mol. The number of halogens is 2. The highest BCUT2D eigenvalue weighted by atomic mass is 35.5. The second-order valence-electron chi connectivity index (χ2n) is 9.29. The van der Waals surface area contributed by atoms with E-state index in [4.69, 9.17) is 32.4 Å². The van der Waals surface area contributed by atoms with Gasteiger partial charge in [0, 0.05) is 32.1 Å². The van der Waals surface area contributed by atoms with Crippen LogP contribution in [0, 0.1) is 0 Å². The van der Waals surface area contributed by atoms with E-state index < -0.39 is 8.32 Å². The number of furan rings is 1. The largest absolute Gasteiger partial charge is 0.494 e. The molecule has 3 rings (SSSR count). The number of nitrogens with zero attached hydrogens (tertiary/aromatic N) is 3. The van der Waals surface area contributed by atoms with E-state index in [0.717, 1.165) is 12.8 Å². The highest BCUT2D eigenvalue weighted by Gasteiger charge is 2.37. The lowest BCUT2D eigenvalue weighted by Gasteiger charge is -2.35. The van der Waals surface area contributed by atoms with Crippen molar-refractivity contribution >= 4 is 48.5 Å². The smallest absolute Gasteiger partial charge is 0.255 e. The lowest BCUT2D eigenvalue weighted by atomic mass is 10.1. The predicted octanol–water partition coefficient (Wildman–Crippen LogP) is 6.04. The van der Waals surface area contributed by atoms with E-state index in [2.05, 4.69) is 23.8 Å². The molecular formula is C23H29Cl2N3O4Si. The molecule has 3 aromatic rings. The third kappa shape index (κ3) is 5.35. The summed E-state index contributed by atoms with van der Waals surface area (Å²) in [6, 6.07) is 3.34. The minimum absolute atomic E-state index is 0.127. The quantitative estimate of drug-likeness (QED) is 0.372. The van der Waals surface area contributed by atoms with E-state index in [9.17, 15) is 9.59 Å². The highest BCUT2D eigenvalue weighted by molar-refractivity contribution is 6.72. The van der Waals surface area contributed by atoms with Gasteiger partial charge in [-0.15, -0.1) is 0 Å². The van der Waals surface area contributed by atoms with Crippen molar-refractivity contribution in [3.05, 3.63) is 40.1 Å². The molecule has 0 bridgehead atoms. The summed E-state index contributed by atoms with van der Waals surface area (Å²) in [7, 11) is 0.986. The molecule has 178 valence electrons. The summed E-state index contributed by atoms with van der Waals surface area (Å²) in [5, 5.41) is 0.440. The lowest BCUT2D eigenvalue weighted by Crippen LogP contribution is -2.39. The molecule has 0 aromatic carbocycles. The number of hydrogen-bond donors (Lipinski definition) is 1. The first-order valence-electron chi connectivity index (χ1n) is 10.6. The molecule has 10 heteroatoms. The first-order chi connectivity index (χ1) is 15.4. The third-order valence-corrected chi connectivity index (χ3v) is 10.6. The van der Waals surface area contributed by atoms with Crippen LogP contribution in [0.25, 0.3) is 22.6 Å². The monoisotopic (exact) mass is 509 g/mol. The van der Waals surface area contributed by atoms with Crippen LogP contribution in [0.5, 0.6) is 5.75 Å². The van der Waals surface area contributed by atoms with Crippen molar-refractivity contribution in [2.24, 2.45) is 0 Å². The van der Waals surface area contributed by atoms with Crippen LogP contribution in [0.3, 0.4) is 0 Å². The molecule has 1 N–H and O–H groups in total. The Kier molecular flexibility index (Phi) is 7.43. The molecule has 0 spiro atoms. The van der Waals surface area contributed by atoms with Gasteiger partial charge in [0.1, 0.15) is 22.0 Å². The minimum Gasteiger partial charge on any atom is -0.494 e. The summed E-state index contributed by atoms with van der Waals surface area (Å²) in [5.41, 5.74) is 1.74. The normalized spacial score (nSPS) is 12.3. The van der Waals surface area contributed by atoms with Gasteiger partial charge in [-0.2, -0.15) is 0 Å². The number of amides is 1. The molecule has 0 atom stereocenters. The standard InChI is InChI=1S/C23H29Cl2N3O4Si/c1-23(2,33(5,6)30)8-7-9-28(3)22(29)14-10-17(31-4)20(27-12-14)18-11-16-21(32-18)19(25)15(24)13-26-16/h10-13,30H,7-9H2,1-6H3. The second kappa shape index (κ2) is 9.62. The second-order valence-corrected chi connectivity index (χ2v) is 14.5. The molecule has 0 unspecified atom stereocenters. The Labute approximate surface area is 204 Å². The number of rotatable bonds is 8. The highest BCUT2D eigenvalue weighted by Crippen LogP contribution is 2.40. The number of methoxy groups -OCH3 is 1. The SMILES string of the molecule is COc1cc(C(=O)N(C)CCCC(C)(C)[Si](C)(C)O)cnc1-c1cc2ncc(Cl)c(Cl)c2o1. The van der Waals surface area contributed by atoms with Gasteiger partial charge in [0.25, 0.3) is 5.91 Å². The van der Waals surface area contributed by atoms with Crippen molar-refractivity contribution in [2.75, 3.05) is 20.7 Å². The predicted molar refractivity (Wildman–Crippen MR) is 134 cm³/mol. The van der Waals surface area contributed by atoms with Crippen molar-refractivity contribution in [1.82, 2.24) is 14.9 Å². The maximum Gasteiger partial charge on any atom is 0.255 e. The minimum atomic E-state index is -2.28. The van der Waals surface area contributed by atoms with Crippen LogP contribution in [0.15, 0.2) is 28.9 Å². The molecule has 7 nitrogen and oxygen atoms in total. The van der Waals surface area contributed by atoms with Crippen LogP contribution in [0.1, 0.15) is 37.0 Å². The molecule has 0 radical (unpaired) electrons. The molecule has 0 saturated carbocycles. The van der Waals surface area contributed by atoms with Crippen LogP contribution in [0.4, 0.5) is 0 Å². The summed E-state index contributed by atoms with van der Waals surface area (Å²) in [6.45, 7) is 8.64. The number of pyridine rings is 2. The summed E-state index contributed by atoms with van der Waals surface area (Å²) >= 11 is 12.2. The van der Waals surface area contributed by atoms with Crippen LogP contribution in [-0.4, -0.2) is 54.6 Å². The Morgan fingerprint density at radius 2 is 1.94 bits per heavy atom. The van der Waals surface area contributed by atoms with Crippen LogP contribution < -0.4 is 4.74 Å². The Balaban J connectivity index is 1.78. The van der Waals surface area contributed by atoms with Gasteiger partial charge in [-0.25, -0.2) is 4.98 Å². The summed E-state index contributed by atoms with van der Waals surface area (Å²) in [5.74, 6) is 0.639. The van der Waals surface area contributed by atoms with Gasteiger partial charge < -0.3 is 18.8 Å². The maximum atomic E-state index is 13.0. The molecule has 0 fully saturated rings. The summed E-state index contributed by atoms with van der Waals surface area (Å²) in [4.78, 5) is 33.7. The maximum absolute atomic E-state index is 13.0. The molecule has 0 aliphatic carbocycles. The van der Waals surface area contributed by atoms with E-state index in [1.165, 1.54) is 19.5 Å². The number of carbonyl (C=O) groups excluding carboxylic acids is 1. The number of ether oxygens (including phenoxy) is 1. The van der Waals surface area contributed by atoms with Crippen molar-refractivity contribution in [3.8, 4) is 17.2 Å². The summed E-state index contributed by atoms with van der Waals surface area (Å²) in [6.07, 6.45) is 4.59. The number of hydrogen-bond acceptors (Lipinski definition) is 6. The fraction of sp³-hybridized carbons (Fsp3) is 0.435. The lowest BCUT2D eigenvalue weighted by molar-refractivity contribution is 0.0790. The molecule has 1 amide bonds. The average Bonchev–Trinajstić information content (AvgIpc) is 3.19. The van der Waals surface area contributed by atoms with Crippen molar-refractivity contribution < 1.29 is 18.7 Å². The van der Waals surface area contributed by atoms with Crippen molar-refractivity contribution in [2.45, 2.75) is 44.8 Å². The van der Waals surface area contributed by atoms with Gasteiger partial charge in [0.2, 0.25) is 0 Å². The fourth-order valence-corrected chi connectivity index (χ4v) is 4.44. The molecule has 3 heterocycles. The van der Waals surface area contributed by atoms with Crippen molar-refractivity contribution in [1.29, 1.82) is 0 Å². The fourth-order valence-electron chi connectivity index (χ4n) is 3.33. The van der Waals surface area contributed by atoms with Gasteiger partial charge >= 0.3 is 0 Å². The Bertz CT molecular complexity index is 1170. The number of aromatic nitrogens is 2. The van der Waals surface area contributed by atoms with Crippen molar-refractivity contribution in [3.63, 3.8) is 0 Å². The van der Waals surface area contributed by atoms with Gasteiger partial charge in [-0.3, -0.25) is 9.78 Å². The molecule has 33 heavy (non-hydrogen) atoms. The van der Waals surface area contributed by atoms with Gasteiger partial charge in [-0.05, 0) is 37.0 Å². The Morgan fingerprint density at radius 3 is 2.58 bits per heavy atom. The zero-order chi connectivity index (χ0) is 24.6. The molecule has 0 saturated heterocycles. The van der Waals surface area contributed by atoms with Gasteiger partial charge in [0.15, 0.2) is 19.7 Å². The van der Waals surface area contributed by atoms with Crippen LogP contribution in [-0.2, 0) is 0 Å². The molecule has 3 aromatic heterocycles. The number of fused-ring (bicyclic) bond motifs is 1. The average molecular weight is 510 g/mol. The van der Waals surface area contributed by atoms with Gasteiger partial charge in [-0.1, -0.05) is 37.0 Å². The van der Waals surface area contributed by atoms with E-state index >= 15 is 0 Å². The zero-order valence-electron chi connectivity index (χ0n) is 19.7. The number of carbonyl (C=O) groups is 1. The summed E-state index contributed by atoms with van der Waals surface area (Å²) < 4.78 is 11.3. The van der Waals surface area contributed by atoms with E-state index in [1.54, 1.807) is 24.1 Å². The van der Waals surface area contributed by atoms with E-state index in [-0.39, 0.29) is 16.0 Å². The van der Waals surface area contributed by atoms with Crippen LogP contribution >= 0.6 is 23.2 Å². The Morgan fingerprint density at radius 1 is 1.24 bits per heavy atom. The van der Waals surface area contributed by atoms with E-state index in [1.807, 2.05) is 13.1 Å². The first kappa shape index (κ1) is 25.5. The topological polar surface area (TPSA) is 88.7 Å². The van der Waals surface area contributed by atoms with Gasteiger partial charge in [0.05, 0.1) is 17.7 Å². The first-order valence-corrected chi connectivity index (χ1v) is 14.3. The molecule has 0 aliphatic rings. The third-order valence-electron chi connectivity index (χ3n) is 6.29. The molecule has 0 aliphatic heterocycles. The van der Waals surface area contributed by atoms with Crippen LogP contribution in [0.2, 0.25) is 28.2 Å². The van der Waals surface area contributed by atoms with E-state index in [0.29, 0.717) is 45.4 Å².